The Morgan fingerprint density at radius 3 is 3.05 bits per heavy atom. The smallest absolute Gasteiger partial charge is 0.228 e. The van der Waals surface area contributed by atoms with Crippen LogP contribution in [0, 0.1) is 5.92 Å². The molecule has 2 N–H and O–H groups in total. The molecule has 116 valence electrons. The lowest BCUT2D eigenvalue weighted by atomic mass is 10.00. The Morgan fingerprint density at radius 1 is 1.45 bits per heavy atom. The van der Waals surface area contributed by atoms with Gasteiger partial charge in [0.2, 0.25) is 5.91 Å². The number of likely N-dealkylation sites (tertiary alicyclic amines) is 1. The highest BCUT2D eigenvalue weighted by atomic mass is 32.1. The van der Waals surface area contributed by atoms with Gasteiger partial charge in [-0.1, -0.05) is 19.1 Å². The average Bonchev–Trinajstić information content (AvgIpc) is 2.96. The lowest BCUT2D eigenvalue weighted by Gasteiger charge is -2.30. The van der Waals surface area contributed by atoms with Gasteiger partial charge >= 0.3 is 0 Å². The van der Waals surface area contributed by atoms with Crippen LogP contribution >= 0.6 is 11.3 Å². The number of hydrogen-bond donors (Lipinski definition) is 1. The zero-order valence-electron chi connectivity index (χ0n) is 12.8. The molecule has 2 aromatic rings. The van der Waals surface area contributed by atoms with Crippen molar-refractivity contribution in [2.24, 2.45) is 5.92 Å². The van der Waals surface area contributed by atoms with Crippen molar-refractivity contribution in [2.45, 2.75) is 26.2 Å². The molecule has 5 heteroatoms. The van der Waals surface area contributed by atoms with E-state index in [9.17, 15) is 4.79 Å². The Labute approximate surface area is 135 Å². The van der Waals surface area contributed by atoms with Gasteiger partial charge in [0.15, 0.2) is 0 Å². The molecule has 0 bridgehead atoms. The van der Waals surface area contributed by atoms with E-state index in [1.807, 2.05) is 34.5 Å². The van der Waals surface area contributed by atoms with Gasteiger partial charge in [-0.25, -0.2) is 4.98 Å². The number of aromatic nitrogens is 1. The van der Waals surface area contributed by atoms with E-state index in [0.29, 0.717) is 12.3 Å². The average molecular weight is 315 g/mol. The van der Waals surface area contributed by atoms with E-state index in [0.717, 1.165) is 41.5 Å². The van der Waals surface area contributed by atoms with Gasteiger partial charge in [0.25, 0.3) is 0 Å². The minimum absolute atomic E-state index is 0.185. The highest BCUT2D eigenvalue weighted by Gasteiger charge is 2.21. The van der Waals surface area contributed by atoms with Crippen molar-refractivity contribution in [1.82, 2.24) is 9.88 Å². The molecule has 4 nitrogen and oxygen atoms in total. The topological polar surface area (TPSA) is 59.2 Å². The minimum Gasteiger partial charge on any atom is -0.398 e. The van der Waals surface area contributed by atoms with Crippen LogP contribution < -0.4 is 5.73 Å². The maximum absolute atomic E-state index is 12.4. The molecule has 3 rings (SSSR count). The van der Waals surface area contributed by atoms with Gasteiger partial charge in [-0.15, -0.1) is 11.3 Å². The summed E-state index contributed by atoms with van der Waals surface area (Å²) in [6, 6.07) is 7.70. The van der Waals surface area contributed by atoms with Crippen molar-refractivity contribution >= 4 is 22.9 Å². The molecule has 0 aliphatic carbocycles. The fourth-order valence-corrected chi connectivity index (χ4v) is 3.75. The number of nitrogens with two attached hydrogens (primary N) is 1. The van der Waals surface area contributed by atoms with E-state index in [2.05, 4.69) is 11.9 Å². The molecule has 1 unspecified atom stereocenters. The summed E-state index contributed by atoms with van der Waals surface area (Å²) in [7, 11) is 0. The maximum Gasteiger partial charge on any atom is 0.228 e. The van der Waals surface area contributed by atoms with Gasteiger partial charge in [-0.05, 0) is 30.9 Å². The third-order valence-electron chi connectivity index (χ3n) is 4.09. The number of carbonyl (C=O) groups is 1. The van der Waals surface area contributed by atoms with E-state index < -0.39 is 0 Å². The molecule has 1 aliphatic heterocycles. The largest absolute Gasteiger partial charge is 0.398 e. The molecule has 1 fully saturated rings. The first-order chi connectivity index (χ1) is 10.6. The zero-order valence-corrected chi connectivity index (χ0v) is 13.6. The van der Waals surface area contributed by atoms with Crippen molar-refractivity contribution in [2.75, 3.05) is 18.8 Å². The van der Waals surface area contributed by atoms with E-state index in [4.69, 9.17) is 5.73 Å². The van der Waals surface area contributed by atoms with Gasteiger partial charge in [0.05, 0.1) is 12.1 Å². The van der Waals surface area contributed by atoms with Gasteiger partial charge in [-0.3, -0.25) is 4.79 Å². The first kappa shape index (κ1) is 15.0. The van der Waals surface area contributed by atoms with E-state index in [1.54, 1.807) is 11.3 Å². The first-order valence-electron chi connectivity index (χ1n) is 7.70. The third-order valence-corrected chi connectivity index (χ3v) is 5.01. The fraction of sp³-hybridized carbons (Fsp3) is 0.412. The van der Waals surface area contributed by atoms with E-state index >= 15 is 0 Å². The lowest BCUT2D eigenvalue weighted by molar-refractivity contribution is -0.132. The number of rotatable bonds is 3. The number of hydrogen-bond acceptors (Lipinski definition) is 4. The van der Waals surface area contributed by atoms with E-state index in [1.165, 1.54) is 6.42 Å². The summed E-state index contributed by atoms with van der Waals surface area (Å²) >= 11 is 1.54. The van der Waals surface area contributed by atoms with Crippen LogP contribution in [0.15, 0.2) is 29.6 Å². The molecular weight excluding hydrogens is 294 g/mol. The molecule has 1 aromatic carbocycles. The Bertz CT molecular complexity index is 667. The number of piperidine rings is 1. The third kappa shape index (κ3) is 3.30. The normalized spacial score (nSPS) is 18.4. The van der Waals surface area contributed by atoms with Crippen molar-refractivity contribution in [3.05, 3.63) is 35.3 Å². The van der Waals surface area contributed by atoms with Crippen molar-refractivity contribution < 1.29 is 4.79 Å². The molecule has 0 spiro atoms. The van der Waals surface area contributed by atoms with E-state index in [-0.39, 0.29) is 5.91 Å². The van der Waals surface area contributed by atoms with Gasteiger partial charge in [0.1, 0.15) is 5.01 Å². The molecule has 2 heterocycles. The summed E-state index contributed by atoms with van der Waals surface area (Å²) in [6.45, 7) is 3.96. The fourth-order valence-electron chi connectivity index (χ4n) is 2.89. The Kier molecular flexibility index (Phi) is 4.43. The van der Waals surface area contributed by atoms with Crippen LogP contribution in [0.1, 0.15) is 25.5 Å². The molecule has 22 heavy (non-hydrogen) atoms. The summed E-state index contributed by atoms with van der Waals surface area (Å²) in [6.07, 6.45) is 2.71. The number of carbonyl (C=O) groups excluding carboxylic acids is 1. The molecular formula is C17H21N3OS. The first-order valence-corrected chi connectivity index (χ1v) is 8.58. The molecule has 1 aromatic heterocycles. The molecule has 0 radical (unpaired) electrons. The molecule has 1 atom stereocenters. The summed E-state index contributed by atoms with van der Waals surface area (Å²) in [5.41, 5.74) is 8.49. The van der Waals surface area contributed by atoms with Crippen molar-refractivity contribution in [1.29, 1.82) is 0 Å². The summed E-state index contributed by atoms with van der Waals surface area (Å²) in [5, 5.41) is 2.85. The summed E-state index contributed by atoms with van der Waals surface area (Å²) in [5.74, 6) is 0.789. The predicted octanol–water partition coefficient (Wildman–Crippen LogP) is 3.19. The van der Waals surface area contributed by atoms with Gasteiger partial charge in [-0.2, -0.15) is 0 Å². The second-order valence-electron chi connectivity index (χ2n) is 6.00. The Balaban J connectivity index is 1.69. The zero-order chi connectivity index (χ0) is 15.5. The quantitative estimate of drug-likeness (QED) is 0.885. The number of benzene rings is 1. The van der Waals surface area contributed by atoms with Crippen LogP contribution in [0.5, 0.6) is 0 Å². The number of amides is 1. The number of nitrogens with zero attached hydrogens (tertiary/aromatic N) is 2. The molecule has 1 aliphatic rings. The number of thiazole rings is 1. The molecule has 1 saturated heterocycles. The minimum atomic E-state index is 0.185. The number of nitrogen functional groups attached to an aromatic ring is 1. The van der Waals surface area contributed by atoms with Crippen LogP contribution in [0.4, 0.5) is 5.69 Å². The van der Waals surface area contributed by atoms with Crippen LogP contribution in [-0.4, -0.2) is 28.9 Å². The predicted molar refractivity (Wildman–Crippen MR) is 90.6 cm³/mol. The Hall–Kier alpha value is -1.88. The van der Waals surface area contributed by atoms with Gasteiger partial charge in [0, 0.05) is 29.7 Å². The van der Waals surface area contributed by atoms with Crippen molar-refractivity contribution in [3.8, 4) is 10.6 Å². The number of anilines is 1. The second kappa shape index (κ2) is 6.48. The highest BCUT2D eigenvalue weighted by molar-refractivity contribution is 7.13. The monoisotopic (exact) mass is 315 g/mol. The SMILES string of the molecule is CC1CCCN(C(=O)Cc2csc(-c3ccccc3N)n2)C1. The van der Waals surface area contributed by atoms with Crippen LogP contribution in [0.3, 0.4) is 0 Å². The molecule has 0 saturated carbocycles. The van der Waals surface area contributed by atoms with Crippen LogP contribution in [0.25, 0.3) is 10.6 Å². The lowest BCUT2D eigenvalue weighted by Crippen LogP contribution is -2.39. The van der Waals surface area contributed by atoms with Gasteiger partial charge < -0.3 is 10.6 Å². The molecule has 1 amide bonds. The second-order valence-corrected chi connectivity index (χ2v) is 6.85. The standard InChI is InChI=1S/C17H21N3OS/c1-12-5-4-8-20(10-12)16(21)9-13-11-22-17(19-13)14-6-2-3-7-15(14)18/h2-3,6-7,11-12H,4-5,8-10,18H2,1H3. The Morgan fingerprint density at radius 2 is 2.27 bits per heavy atom. The summed E-state index contributed by atoms with van der Waals surface area (Å²) < 4.78 is 0. The van der Waals surface area contributed by atoms with Crippen LogP contribution in [-0.2, 0) is 11.2 Å². The highest BCUT2D eigenvalue weighted by Crippen LogP contribution is 2.28. The van der Waals surface area contributed by atoms with Crippen LogP contribution in [0.2, 0.25) is 0 Å². The number of para-hydroxylation sites is 1. The summed E-state index contributed by atoms with van der Waals surface area (Å²) in [4.78, 5) is 19.0. The van der Waals surface area contributed by atoms with Crippen molar-refractivity contribution in [3.63, 3.8) is 0 Å². The maximum atomic E-state index is 12.4.